The maximum Gasteiger partial charge on any atom is 0.291 e. The van der Waals surface area contributed by atoms with E-state index in [-0.39, 0.29) is 11.7 Å². The zero-order valence-electron chi connectivity index (χ0n) is 13.5. The van der Waals surface area contributed by atoms with Crippen LogP contribution in [0, 0.1) is 13.8 Å². The SMILES string of the molecule is Cc1cc(C)n2nc(C(=O)NCc3cc(C4CC4)ncn3)nc2n1. The van der Waals surface area contributed by atoms with Gasteiger partial charge < -0.3 is 5.32 Å². The minimum atomic E-state index is -0.343. The van der Waals surface area contributed by atoms with Crippen LogP contribution >= 0.6 is 0 Å². The fourth-order valence-electron chi connectivity index (χ4n) is 2.63. The van der Waals surface area contributed by atoms with Crippen molar-refractivity contribution >= 4 is 11.7 Å². The number of aryl methyl sites for hydroxylation is 2. The summed E-state index contributed by atoms with van der Waals surface area (Å²) in [5.74, 6) is 0.743. The van der Waals surface area contributed by atoms with Gasteiger partial charge in [-0.2, -0.15) is 4.98 Å². The van der Waals surface area contributed by atoms with Crippen molar-refractivity contribution in [1.82, 2.24) is 34.9 Å². The Hall–Kier alpha value is -2.90. The molecule has 24 heavy (non-hydrogen) atoms. The number of nitrogens with zero attached hydrogens (tertiary/aromatic N) is 6. The maximum atomic E-state index is 12.3. The van der Waals surface area contributed by atoms with Crippen LogP contribution in [0.15, 0.2) is 18.5 Å². The topological polar surface area (TPSA) is 98.0 Å². The zero-order chi connectivity index (χ0) is 16.7. The molecule has 1 saturated carbocycles. The summed E-state index contributed by atoms with van der Waals surface area (Å²) in [6, 6.07) is 3.84. The minimum absolute atomic E-state index is 0.104. The maximum absolute atomic E-state index is 12.3. The van der Waals surface area contributed by atoms with Crippen molar-refractivity contribution in [2.75, 3.05) is 0 Å². The van der Waals surface area contributed by atoms with Crippen molar-refractivity contribution in [1.29, 1.82) is 0 Å². The number of nitrogens with one attached hydrogen (secondary N) is 1. The second-order valence-corrected chi connectivity index (χ2v) is 6.08. The third-order valence-electron chi connectivity index (χ3n) is 3.99. The molecule has 0 bridgehead atoms. The van der Waals surface area contributed by atoms with E-state index >= 15 is 0 Å². The summed E-state index contributed by atoms with van der Waals surface area (Å²) in [4.78, 5) is 29.2. The lowest BCUT2D eigenvalue weighted by Crippen LogP contribution is -2.24. The van der Waals surface area contributed by atoms with Crippen LogP contribution in [0.3, 0.4) is 0 Å². The molecule has 1 aliphatic carbocycles. The van der Waals surface area contributed by atoms with E-state index in [1.54, 1.807) is 10.8 Å². The van der Waals surface area contributed by atoms with E-state index in [0.717, 1.165) is 22.8 Å². The number of aromatic nitrogens is 6. The number of rotatable bonds is 4. The van der Waals surface area contributed by atoms with Gasteiger partial charge in [-0.05, 0) is 38.8 Å². The van der Waals surface area contributed by atoms with Gasteiger partial charge in [-0.15, -0.1) is 5.10 Å². The highest BCUT2D eigenvalue weighted by Gasteiger charge is 2.25. The van der Waals surface area contributed by atoms with Gasteiger partial charge in [0, 0.05) is 23.0 Å². The summed E-state index contributed by atoms with van der Waals surface area (Å²) >= 11 is 0. The molecule has 0 aliphatic heterocycles. The molecule has 3 aromatic rings. The summed E-state index contributed by atoms with van der Waals surface area (Å²) in [6.45, 7) is 4.11. The average Bonchev–Trinajstić information content (AvgIpc) is 3.32. The third-order valence-corrected chi connectivity index (χ3v) is 3.99. The van der Waals surface area contributed by atoms with Crippen LogP contribution in [-0.4, -0.2) is 35.5 Å². The first-order valence-electron chi connectivity index (χ1n) is 7.90. The van der Waals surface area contributed by atoms with E-state index in [1.807, 2.05) is 26.0 Å². The standard InChI is InChI=1S/C16H17N7O/c1-9-5-10(2)23-16(20-9)21-14(22-23)15(24)17-7-12-6-13(11-3-4-11)19-8-18-12/h5-6,8,11H,3-4,7H2,1-2H3,(H,17,24). The van der Waals surface area contributed by atoms with Crippen LogP contribution in [0.25, 0.3) is 5.78 Å². The van der Waals surface area contributed by atoms with Crippen LogP contribution < -0.4 is 5.32 Å². The Labute approximate surface area is 138 Å². The lowest BCUT2D eigenvalue weighted by Gasteiger charge is -2.03. The van der Waals surface area contributed by atoms with Crippen molar-refractivity contribution in [3.63, 3.8) is 0 Å². The molecule has 0 radical (unpaired) electrons. The molecule has 0 aromatic carbocycles. The van der Waals surface area contributed by atoms with E-state index in [9.17, 15) is 4.79 Å². The highest BCUT2D eigenvalue weighted by atomic mass is 16.2. The van der Waals surface area contributed by atoms with Crippen LogP contribution in [0.4, 0.5) is 0 Å². The van der Waals surface area contributed by atoms with Crippen LogP contribution in [0.2, 0.25) is 0 Å². The van der Waals surface area contributed by atoms with E-state index in [1.165, 1.54) is 12.8 Å². The van der Waals surface area contributed by atoms with Crippen LogP contribution in [0.1, 0.15) is 52.2 Å². The smallest absolute Gasteiger partial charge is 0.291 e. The van der Waals surface area contributed by atoms with Crippen molar-refractivity contribution in [3.05, 3.63) is 47.1 Å². The van der Waals surface area contributed by atoms with Crippen molar-refractivity contribution < 1.29 is 4.79 Å². The monoisotopic (exact) mass is 323 g/mol. The Morgan fingerprint density at radius 2 is 2.08 bits per heavy atom. The molecule has 1 amide bonds. The van der Waals surface area contributed by atoms with Gasteiger partial charge in [-0.1, -0.05) is 0 Å². The van der Waals surface area contributed by atoms with Gasteiger partial charge in [0.25, 0.3) is 11.7 Å². The van der Waals surface area contributed by atoms with Gasteiger partial charge in [0.1, 0.15) is 6.33 Å². The molecule has 8 nitrogen and oxygen atoms in total. The van der Waals surface area contributed by atoms with Gasteiger partial charge in [0.2, 0.25) is 5.82 Å². The lowest BCUT2D eigenvalue weighted by atomic mass is 10.2. The minimum Gasteiger partial charge on any atom is -0.344 e. The molecule has 3 aromatic heterocycles. The highest BCUT2D eigenvalue weighted by molar-refractivity contribution is 5.90. The van der Waals surface area contributed by atoms with E-state index < -0.39 is 0 Å². The molecule has 8 heteroatoms. The zero-order valence-corrected chi connectivity index (χ0v) is 13.5. The van der Waals surface area contributed by atoms with E-state index in [2.05, 4.69) is 30.4 Å². The van der Waals surface area contributed by atoms with Crippen LogP contribution in [0.5, 0.6) is 0 Å². The molecule has 1 N–H and O–H groups in total. The fraction of sp³-hybridized carbons (Fsp3) is 0.375. The van der Waals surface area contributed by atoms with Gasteiger partial charge in [0.15, 0.2) is 0 Å². The molecule has 0 spiro atoms. The Morgan fingerprint density at radius 1 is 1.25 bits per heavy atom. The normalized spacial score (nSPS) is 14.1. The molecular weight excluding hydrogens is 306 g/mol. The van der Waals surface area contributed by atoms with Gasteiger partial charge in [-0.25, -0.2) is 19.5 Å². The summed E-state index contributed by atoms with van der Waals surface area (Å²) in [6.07, 6.45) is 3.91. The number of hydrogen-bond donors (Lipinski definition) is 1. The van der Waals surface area contributed by atoms with Crippen molar-refractivity contribution in [2.45, 2.75) is 39.2 Å². The Kier molecular flexibility index (Phi) is 3.44. The molecule has 122 valence electrons. The summed E-state index contributed by atoms with van der Waals surface area (Å²) in [5, 5.41) is 7.02. The molecule has 4 rings (SSSR count). The molecule has 0 saturated heterocycles. The van der Waals surface area contributed by atoms with E-state index in [4.69, 9.17) is 0 Å². The average molecular weight is 323 g/mol. The summed E-state index contributed by atoms with van der Waals surface area (Å²) < 4.78 is 1.57. The molecule has 1 aliphatic rings. The number of amides is 1. The Balaban J connectivity index is 1.50. The molecule has 0 unspecified atom stereocenters. The number of hydrogen-bond acceptors (Lipinski definition) is 6. The molecule has 0 atom stereocenters. The van der Waals surface area contributed by atoms with E-state index in [0.29, 0.717) is 18.2 Å². The quantitative estimate of drug-likeness (QED) is 0.778. The summed E-state index contributed by atoms with van der Waals surface area (Å²) in [5.41, 5.74) is 3.56. The first-order chi connectivity index (χ1) is 11.6. The lowest BCUT2D eigenvalue weighted by molar-refractivity contribution is 0.0940. The van der Waals surface area contributed by atoms with Gasteiger partial charge in [-0.3, -0.25) is 4.79 Å². The second kappa shape index (κ2) is 5.63. The highest BCUT2D eigenvalue weighted by Crippen LogP contribution is 2.38. The van der Waals surface area contributed by atoms with Crippen molar-refractivity contribution in [3.8, 4) is 0 Å². The largest absolute Gasteiger partial charge is 0.344 e. The number of carbonyl (C=O) groups excluding carboxylic acids is 1. The second-order valence-electron chi connectivity index (χ2n) is 6.08. The number of fused-ring (bicyclic) bond motifs is 1. The third kappa shape index (κ3) is 2.82. The van der Waals surface area contributed by atoms with Gasteiger partial charge >= 0.3 is 0 Å². The predicted octanol–water partition coefficient (Wildman–Crippen LogP) is 1.34. The molecular formula is C16H17N7O. The van der Waals surface area contributed by atoms with Gasteiger partial charge in [0.05, 0.1) is 12.2 Å². The fourth-order valence-corrected chi connectivity index (χ4v) is 2.63. The molecule has 3 heterocycles. The first kappa shape index (κ1) is 14.7. The van der Waals surface area contributed by atoms with Crippen LogP contribution in [-0.2, 0) is 6.54 Å². The van der Waals surface area contributed by atoms with Crippen molar-refractivity contribution in [2.24, 2.45) is 0 Å². The predicted molar refractivity (Wildman–Crippen MR) is 85.4 cm³/mol. The number of carbonyl (C=O) groups is 1. The summed E-state index contributed by atoms with van der Waals surface area (Å²) in [7, 11) is 0. The Bertz CT molecular complexity index is 929. The molecule has 1 fully saturated rings. The Morgan fingerprint density at radius 3 is 2.88 bits per heavy atom. The first-order valence-corrected chi connectivity index (χ1v) is 7.90.